The van der Waals surface area contributed by atoms with Crippen LogP contribution in [0.4, 0.5) is 0 Å². The van der Waals surface area contributed by atoms with Gasteiger partial charge in [0.1, 0.15) is 5.52 Å². The van der Waals surface area contributed by atoms with Crippen molar-refractivity contribution in [3.05, 3.63) is 34.6 Å². The average Bonchev–Trinajstić information content (AvgIpc) is 2.67. The Morgan fingerprint density at radius 2 is 1.86 bits per heavy atom. The molecule has 3 rings (SSSR count). The molecule has 0 saturated heterocycles. The van der Waals surface area contributed by atoms with E-state index >= 15 is 0 Å². The third-order valence-corrected chi connectivity index (χ3v) is 2.19. The highest BCUT2D eigenvalue weighted by Gasteiger charge is 2.07. The molecule has 68 valence electrons. The molecule has 5 nitrogen and oxygen atoms in total. The number of pyridine rings is 1. The van der Waals surface area contributed by atoms with Crippen molar-refractivity contribution in [2.75, 3.05) is 0 Å². The minimum absolute atomic E-state index is 0.215. The lowest BCUT2D eigenvalue weighted by molar-refractivity contribution is 0.958. The second-order valence-corrected chi connectivity index (χ2v) is 3.02. The lowest BCUT2D eigenvalue weighted by Gasteiger charge is -1.95. The Labute approximate surface area is 77.8 Å². The second kappa shape index (κ2) is 2.41. The maximum absolute atomic E-state index is 11.5. The molecule has 0 aliphatic rings. The van der Waals surface area contributed by atoms with Crippen LogP contribution in [-0.2, 0) is 0 Å². The Hall–Kier alpha value is -2.17. The van der Waals surface area contributed by atoms with Gasteiger partial charge < -0.3 is 4.98 Å². The maximum atomic E-state index is 11.5. The number of aromatic nitrogens is 4. The van der Waals surface area contributed by atoms with Crippen LogP contribution in [0.2, 0.25) is 0 Å². The van der Waals surface area contributed by atoms with Crippen molar-refractivity contribution < 1.29 is 0 Å². The number of hydrogen-bond donors (Lipinski definition) is 2. The highest BCUT2D eigenvalue weighted by molar-refractivity contribution is 6.00. The van der Waals surface area contributed by atoms with E-state index in [1.807, 2.05) is 24.3 Å². The van der Waals surface area contributed by atoms with Crippen molar-refractivity contribution in [2.45, 2.75) is 0 Å². The normalized spacial score (nSPS) is 11.1. The Morgan fingerprint density at radius 3 is 2.79 bits per heavy atom. The molecule has 3 aromatic rings. The molecule has 0 radical (unpaired) electrons. The number of rotatable bonds is 0. The van der Waals surface area contributed by atoms with Crippen molar-refractivity contribution in [3.63, 3.8) is 0 Å². The Kier molecular flexibility index (Phi) is 1.25. The van der Waals surface area contributed by atoms with Crippen LogP contribution in [0.3, 0.4) is 0 Å². The SMILES string of the molecule is O=c1[nH]c2ccccc2c2n[nH]nc12. The minimum Gasteiger partial charge on any atom is -0.320 e. The molecule has 0 aliphatic heterocycles. The molecule has 5 heteroatoms. The van der Waals surface area contributed by atoms with Crippen molar-refractivity contribution in [2.24, 2.45) is 0 Å². The summed E-state index contributed by atoms with van der Waals surface area (Å²) in [6.07, 6.45) is 0. The van der Waals surface area contributed by atoms with Crippen LogP contribution in [0, 0.1) is 0 Å². The first kappa shape index (κ1) is 7.25. The lowest BCUT2D eigenvalue weighted by atomic mass is 10.2. The summed E-state index contributed by atoms with van der Waals surface area (Å²) in [5, 5.41) is 11.1. The number of nitrogens with zero attached hydrogens (tertiary/aromatic N) is 2. The topological polar surface area (TPSA) is 74.4 Å². The van der Waals surface area contributed by atoms with Crippen LogP contribution < -0.4 is 5.56 Å². The number of hydrogen-bond acceptors (Lipinski definition) is 3. The van der Waals surface area contributed by atoms with Crippen LogP contribution in [0.25, 0.3) is 21.9 Å². The highest BCUT2D eigenvalue weighted by atomic mass is 16.1. The number of para-hydroxylation sites is 1. The van der Waals surface area contributed by atoms with Crippen LogP contribution in [-0.4, -0.2) is 20.4 Å². The Bertz CT molecular complexity index is 667. The van der Waals surface area contributed by atoms with Crippen LogP contribution >= 0.6 is 0 Å². The number of H-pyrrole nitrogens is 2. The molecule has 0 saturated carbocycles. The van der Waals surface area contributed by atoms with Gasteiger partial charge in [-0.1, -0.05) is 18.2 Å². The first-order valence-electron chi connectivity index (χ1n) is 4.18. The highest BCUT2D eigenvalue weighted by Crippen LogP contribution is 2.16. The molecule has 0 amide bonds. The zero-order valence-electron chi connectivity index (χ0n) is 7.11. The van der Waals surface area contributed by atoms with Crippen molar-refractivity contribution >= 4 is 21.9 Å². The van der Waals surface area contributed by atoms with Gasteiger partial charge in [-0.05, 0) is 6.07 Å². The molecule has 2 N–H and O–H groups in total. The summed E-state index contributed by atoms with van der Waals surface area (Å²) in [6, 6.07) is 7.50. The van der Waals surface area contributed by atoms with Gasteiger partial charge in [-0.2, -0.15) is 15.4 Å². The van der Waals surface area contributed by atoms with E-state index in [0.29, 0.717) is 11.0 Å². The minimum atomic E-state index is -0.215. The summed E-state index contributed by atoms with van der Waals surface area (Å²) in [5.74, 6) is 0. The molecule has 0 bridgehead atoms. The summed E-state index contributed by atoms with van der Waals surface area (Å²) < 4.78 is 0. The quantitative estimate of drug-likeness (QED) is 0.545. The van der Waals surface area contributed by atoms with Gasteiger partial charge in [0, 0.05) is 5.39 Å². The molecule has 0 fully saturated rings. The first-order chi connectivity index (χ1) is 6.86. The summed E-state index contributed by atoms with van der Waals surface area (Å²) in [4.78, 5) is 14.2. The van der Waals surface area contributed by atoms with E-state index in [1.165, 1.54) is 0 Å². The molecule has 0 unspecified atom stereocenters. The van der Waals surface area contributed by atoms with E-state index in [9.17, 15) is 4.79 Å². The van der Waals surface area contributed by atoms with Gasteiger partial charge in [0.2, 0.25) is 0 Å². The molecule has 0 aliphatic carbocycles. The van der Waals surface area contributed by atoms with E-state index < -0.39 is 0 Å². The van der Waals surface area contributed by atoms with Crippen LogP contribution in [0.1, 0.15) is 0 Å². The molecule has 0 atom stereocenters. The van der Waals surface area contributed by atoms with Gasteiger partial charge in [-0.15, -0.1) is 0 Å². The number of benzene rings is 1. The van der Waals surface area contributed by atoms with Gasteiger partial charge in [0.25, 0.3) is 5.56 Å². The molecule has 14 heavy (non-hydrogen) atoms. The van der Waals surface area contributed by atoms with Gasteiger partial charge >= 0.3 is 0 Å². The Balaban J connectivity index is 2.73. The standard InChI is InChI=1S/C9H6N4O/c14-9-8-7(11-13-12-8)5-3-1-2-4-6(5)10-9/h1-4H,(H,10,14)(H,11,12,13). The van der Waals surface area contributed by atoms with E-state index in [1.54, 1.807) is 0 Å². The predicted octanol–water partition coefficient (Wildman–Crippen LogP) is 0.799. The fourth-order valence-corrected chi connectivity index (χ4v) is 1.56. The van der Waals surface area contributed by atoms with Crippen LogP contribution in [0.15, 0.2) is 29.1 Å². The lowest BCUT2D eigenvalue weighted by Crippen LogP contribution is -2.06. The first-order valence-corrected chi connectivity index (χ1v) is 4.18. The summed E-state index contributed by atoms with van der Waals surface area (Å²) in [5.41, 5.74) is 1.53. The van der Waals surface area contributed by atoms with Gasteiger partial charge in [0.15, 0.2) is 5.52 Å². The second-order valence-electron chi connectivity index (χ2n) is 3.02. The molecular formula is C9H6N4O. The average molecular weight is 186 g/mol. The Morgan fingerprint density at radius 1 is 1.07 bits per heavy atom. The fourth-order valence-electron chi connectivity index (χ4n) is 1.56. The van der Waals surface area contributed by atoms with Gasteiger partial charge in [-0.25, -0.2) is 0 Å². The number of fused-ring (bicyclic) bond motifs is 3. The third kappa shape index (κ3) is 0.806. The molecule has 2 heterocycles. The fraction of sp³-hybridized carbons (Fsp3) is 0. The van der Waals surface area contributed by atoms with Crippen molar-refractivity contribution in [1.29, 1.82) is 0 Å². The van der Waals surface area contributed by atoms with E-state index in [4.69, 9.17) is 0 Å². The summed E-state index contributed by atoms with van der Waals surface area (Å²) in [7, 11) is 0. The van der Waals surface area contributed by atoms with E-state index in [0.717, 1.165) is 10.9 Å². The molecule has 1 aromatic carbocycles. The van der Waals surface area contributed by atoms with E-state index in [-0.39, 0.29) is 5.56 Å². The monoisotopic (exact) mass is 186 g/mol. The summed E-state index contributed by atoms with van der Waals surface area (Å²) in [6.45, 7) is 0. The largest absolute Gasteiger partial charge is 0.320 e. The number of aromatic amines is 2. The van der Waals surface area contributed by atoms with Crippen molar-refractivity contribution in [3.8, 4) is 0 Å². The van der Waals surface area contributed by atoms with Crippen LogP contribution in [0.5, 0.6) is 0 Å². The predicted molar refractivity (Wildman–Crippen MR) is 52.0 cm³/mol. The van der Waals surface area contributed by atoms with Gasteiger partial charge in [0.05, 0.1) is 5.52 Å². The zero-order valence-corrected chi connectivity index (χ0v) is 7.11. The molecule has 2 aromatic heterocycles. The molecule has 0 spiro atoms. The zero-order chi connectivity index (χ0) is 9.54. The number of nitrogens with one attached hydrogen (secondary N) is 2. The smallest absolute Gasteiger partial charge is 0.278 e. The van der Waals surface area contributed by atoms with Gasteiger partial charge in [-0.3, -0.25) is 4.79 Å². The summed E-state index contributed by atoms with van der Waals surface area (Å²) >= 11 is 0. The van der Waals surface area contributed by atoms with E-state index in [2.05, 4.69) is 20.4 Å². The third-order valence-electron chi connectivity index (χ3n) is 2.19. The molecular weight excluding hydrogens is 180 g/mol. The van der Waals surface area contributed by atoms with Crippen molar-refractivity contribution in [1.82, 2.24) is 20.4 Å². The maximum Gasteiger partial charge on any atom is 0.278 e.